The lowest BCUT2D eigenvalue weighted by Crippen LogP contribution is -2.45. The smallest absolute Gasteiger partial charge is 0.0120 e. The van der Waals surface area contributed by atoms with Gasteiger partial charge in [0.2, 0.25) is 0 Å². The minimum Gasteiger partial charge on any atom is -0.303 e. The van der Waals surface area contributed by atoms with Crippen molar-refractivity contribution >= 4 is 0 Å². The average Bonchev–Trinajstić information content (AvgIpc) is 3.17. The fourth-order valence-electron chi connectivity index (χ4n) is 5.01. The Labute approximate surface area is 117 Å². The van der Waals surface area contributed by atoms with E-state index >= 15 is 0 Å². The molecule has 2 saturated heterocycles. The molecule has 0 amide bonds. The van der Waals surface area contributed by atoms with E-state index in [1.165, 1.54) is 71.2 Å². The van der Waals surface area contributed by atoms with Crippen LogP contribution in [0.3, 0.4) is 0 Å². The van der Waals surface area contributed by atoms with Gasteiger partial charge in [-0.25, -0.2) is 0 Å². The van der Waals surface area contributed by atoms with Crippen LogP contribution < -0.4 is 0 Å². The Hall–Kier alpha value is -0.340. The number of fused-ring (bicyclic) bond motifs is 2. The molecular weight excluding hydrogens is 232 g/mol. The Balaban J connectivity index is 1.25. The molecule has 4 rings (SSSR count). The summed E-state index contributed by atoms with van der Waals surface area (Å²) in [6, 6.07) is 0.915. The summed E-state index contributed by atoms with van der Waals surface area (Å²) in [4.78, 5) is 5.53. The van der Waals surface area contributed by atoms with Crippen molar-refractivity contribution in [2.24, 2.45) is 17.8 Å². The molecule has 3 unspecified atom stereocenters. The summed E-state index contributed by atoms with van der Waals surface area (Å²) < 4.78 is 0. The number of piperidine rings is 1. The molecule has 106 valence electrons. The van der Waals surface area contributed by atoms with E-state index in [0.717, 1.165) is 23.8 Å². The van der Waals surface area contributed by atoms with Crippen molar-refractivity contribution in [1.29, 1.82) is 0 Å². The van der Waals surface area contributed by atoms with Crippen LogP contribution in [0, 0.1) is 17.8 Å². The van der Waals surface area contributed by atoms with Crippen LogP contribution in [-0.2, 0) is 0 Å². The Bertz CT molecular complexity index is 337. The second-order valence-electron chi connectivity index (χ2n) is 7.32. The molecule has 2 aliphatic carbocycles. The van der Waals surface area contributed by atoms with Gasteiger partial charge in [0.05, 0.1) is 0 Å². The van der Waals surface area contributed by atoms with Gasteiger partial charge in [-0.1, -0.05) is 12.2 Å². The van der Waals surface area contributed by atoms with Crippen LogP contribution in [0.2, 0.25) is 0 Å². The summed E-state index contributed by atoms with van der Waals surface area (Å²) in [5.41, 5.74) is 0. The Morgan fingerprint density at radius 1 is 0.895 bits per heavy atom. The van der Waals surface area contributed by atoms with Gasteiger partial charge in [-0.3, -0.25) is 0 Å². The van der Waals surface area contributed by atoms with Crippen molar-refractivity contribution in [3.05, 3.63) is 12.2 Å². The lowest BCUT2D eigenvalue weighted by molar-refractivity contribution is 0.111. The summed E-state index contributed by atoms with van der Waals surface area (Å²) >= 11 is 0. The van der Waals surface area contributed by atoms with Crippen LogP contribution in [0.15, 0.2) is 12.2 Å². The average molecular weight is 260 g/mol. The van der Waals surface area contributed by atoms with E-state index in [4.69, 9.17) is 0 Å². The first kappa shape index (κ1) is 12.4. The van der Waals surface area contributed by atoms with E-state index in [9.17, 15) is 0 Å². The molecule has 0 aromatic rings. The largest absolute Gasteiger partial charge is 0.303 e. The number of hydrogen-bond donors (Lipinski definition) is 0. The Morgan fingerprint density at radius 3 is 2.32 bits per heavy atom. The SMILES string of the molecule is C1=CC2CC1CC2CN1CCC(N2CCCC2)CC1. The zero-order valence-electron chi connectivity index (χ0n) is 12.1. The van der Waals surface area contributed by atoms with Crippen LogP contribution in [0.5, 0.6) is 0 Å². The third-order valence-corrected chi connectivity index (χ3v) is 6.12. The minimum atomic E-state index is 0.915. The van der Waals surface area contributed by atoms with Crippen LogP contribution >= 0.6 is 0 Å². The molecular formula is C17H28N2. The fraction of sp³-hybridized carbons (Fsp3) is 0.882. The van der Waals surface area contributed by atoms with E-state index in [2.05, 4.69) is 22.0 Å². The van der Waals surface area contributed by atoms with E-state index in [-0.39, 0.29) is 0 Å². The lowest BCUT2D eigenvalue weighted by atomic mass is 9.92. The zero-order valence-corrected chi connectivity index (χ0v) is 12.1. The van der Waals surface area contributed by atoms with E-state index in [0.29, 0.717) is 0 Å². The standard InChI is InChI=1S/C17H28N2/c1-2-8-19(7-1)17-5-9-18(10-6-17)13-16-12-14-3-4-15(16)11-14/h3-4,14-17H,1-2,5-13H2. The number of hydrogen-bond acceptors (Lipinski definition) is 2. The van der Waals surface area contributed by atoms with Crippen molar-refractivity contribution in [3.63, 3.8) is 0 Å². The second-order valence-corrected chi connectivity index (χ2v) is 7.32. The molecule has 0 spiro atoms. The van der Waals surface area contributed by atoms with Crippen molar-refractivity contribution in [2.75, 3.05) is 32.7 Å². The molecule has 19 heavy (non-hydrogen) atoms. The number of likely N-dealkylation sites (tertiary alicyclic amines) is 2. The van der Waals surface area contributed by atoms with Crippen LogP contribution in [0.1, 0.15) is 38.5 Å². The molecule has 0 radical (unpaired) electrons. The highest BCUT2D eigenvalue weighted by atomic mass is 15.2. The van der Waals surface area contributed by atoms with Crippen molar-refractivity contribution in [2.45, 2.75) is 44.6 Å². The molecule has 0 N–H and O–H groups in total. The van der Waals surface area contributed by atoms with Gasteiger partial charge in [-0.2, -0.15) is 0 Å². The molecule has 3 atom stereocenters. The first-order valence-corrected chi connectivity index (χ1v) is 8.53. The van der Waals surface area contributed by atoms with Crippen LogP contribution in [-0.4, -0.2) is 48.6 Å². The summed E-state index contributed by atoms with van der Waals surface area (Å²) in [5, 5.41) is 0. The normalized spacial score (nSPS) is 40.5. The topological polar surface area (TPSA) is 6.48 Å². The zero-order chi connectivity index (χ0) is 12.7. The molecule has 3 fully saturated rings. The molecule has 0 aromatic heterocycles. The summed E-state index contributed by atoms with van der Waals surface area (Å²) in [6.07, 6.45) is 13.7. The van der Waals surface area contributed by atoms with Gasteiger partial charge in [0, 0.05) is 12.6 Å². The lowest BCUT2D eigenvalue weighted by Gasteiger charge is -2.38. The molecule has 2 heteroatoms. The second kappa shape index (κ2) is 5.21. The number of nitrogens with zero attached hydrogens (tertiary/aromatic N) is 2. The first-order chi connectivity index (χ1) is 9.38. The molecule has 2 nitrogen and oxygen atoms in total. The van der Waals surface area contributed by atoms with Gasteiger partial charge < -0.3 is 9.80 Å². The third kappa shape index (κ3) is 2.50. The van der Waals surface area contributed by atoms with Gasteiger partial charge in [-0.15, -0.1) is 0 Å². The van der Waals surface area contributed by atoms with Crippen molar-refractivity contribution < 1.29 is 0 Å². The van der Waals surface area contributed by atoms with Crippen LogP contribution in [0.4, 0.5) is 0 Å². The number of rotatable bonds is 3. The molecule has 4 aliphatic rings. The molecule has 0 aromatic carbocycles. The maximum atomic E-state index is 2.77. The maximum absolute atomic E-state index is 2.77. The molecule has 2 bridgehead atoms. The minimum absolute atomic E-state index is 0.915. The fourth-order valence-corrected chi connectivity index (χ4v) is 5.01. The van der Waals surface area contributed by atoms with Gasteiger partial charge in [-0.05, 0) is 82.5 Å². The Kier molecular flexibility index (Phi) is 3.40. The van der Waals surface area contributed by atoms with E-state index in [1.54, 1.807) is 0 Å². The molecule has 1 saturated carbocycles. The van der Waals surface area contributed by atoms with Crippen molar-refractivity contribution in [3.8, 4) is 0 Å². The maximum Gasteiger partial charge on any atom is 0.0120 e. The predicted octanol–water partition coefficient (Wildman–Crippen LogP) is 2.76. The highest BCUT2D eigenvalue weighted by molar-refractivity contribution is 5.10. The van der Waals surface area contributed by atoms with Gasteiger partial charge >= 0.3 is 0 Å². The monoisotopic (exact) mass is 260 g/mol. The van der Waals surface area contributed by atoms with Crippen LogP contribution in [0.25, 0.3) is 0 Å². The van der Waals surface area contributed by atoms with Crippen molar-refractivity contribution in [1.82, 2.24) is 9.80 Å². The van der Waals surface area contributed by atoms with E-state index in [1.807, 2.05) is 0 Å². The van der Waals surface area contributed by atoms with Gasteiger partial charge in [0.15, 0.2) is 0 Å². The quantitative estimate of drug-likeness (QED) is 0.720. The summed E-state index contributed by atoms with van der Waals surface area (Å²) in [5.74, 6) is 2.86. The molecule has 2 aliphatic heterocycles. The third-order valence-electron chi connectivity index (χ3n) is 6.12. The van der Waals surface area contributed by atoms with E-state index < -0.39 is 0 Å². The van der Waals surface area contributed by atoms with Gasteiger partial charge in [0.25, 0.3) is 0 Å². The Morgan fingerprint density at radius 2 is 1.68 bits per heavy atom. The summed E-state index contributed by atoms with van der Waals surface area (Å²) in [6.45, 7) is 6.86. The summed E-state index contributed by atoms with van der Waals surface area (Å²) in [7, 11) is 0. The van der Waals surface area contributed by atoms with Gasteiger partial charge in [0.1, 0.15) is 0 Å². The highest BCUT2D eigenvalue weighted by Crippen LogP contribution is 2.43. The highest BCUT2D eigenvalue weighted by Gasteiger charge is 2.37. The number of allylic oxidation sites excluding steroid dienone is 2. The first-order valence-electron chi connectivity index (χ1n) is 8.53. The predicted molar refractivity (Wildman–Crippen MR) is 79.1 cm³/mol. The molecule has 2 heterocycles.